The molecule has 2 aromatic rings. The van der Waals surface area contributed by atoms with Gasteiger partial charge in [0.2, 0.25) is 0 Å². The SMILES string of the molecule is Cc1ccc(OCc2cccc([N+](=O)[O-])c2Br)c(Br)c1. The third-order valence-electron chi connectivity index (χ3n) is 2.73. The normalized spacial score (nSPS) is 10.3. The minimum absolute atomic E-state index is 0.0362. The van der Waals surface area contributed by atoms with Gasteiger partial charge in [-0.05, 0) is 56.5 Å². The summed E-state index contributed by atoms with van der Waals surface area (Å²) in [6, 6.07) is 10.7. The summed E-state index contributed by atoms with van der Waals surface area (Å²) in [6.07, 6.45) is 0. The van der Waals surface area contributed by atoms with Crippen molar-refractivity contribution >= 4 is 37.5 Å². The molecule has 0 aliphatic heterocycles. The van der Waals surface area contributed by atoms with Crippen molar-refractivity contribution in [1.29, 1.82) is 0 Å². The molecule has 0 aromatic heterocycles. The van der Waals surface area contributed by atoms with Crippen molar-refractivity contribution in [3.63, 3.8) is 0 Å². The van der Waals surface area contributed by atoms with Crippen LogP contribution in [0.1, 0.15) is 11.1 Å². The molecule has 0 bridgehead atoms. The van der Waals surface area contributed by atoms with Gasteiger partial charge < -0.3 is 4.74 Å². The van der Waals surface area contributed by atoms with Gasteiger partial charge in [-0.25, -0.2) is 0 Å². The lowest BCUT2D eigenvalue weighted by Crippen LogP contribution is -1.99. The monoisotopic (exact) mass is 399 g/mol. The summed E-state index contributed by atoms with van der Waals surface area (Å²) < 4.78 is 7.01. The molecule has 0 fully saturated rings. The fraction of sp³-hybridized carbons (Fsp3) is 0.143. The van der Waals surface area contributed by atoms with E-state index < -0.39 is 4.92 Å². The Balaban J connectivity index is 2.19. The second kappa shape index (κ2) is 6.37. The van der Waals surface area contributed by atoms with E-state index in [1.165, 1.54) is 6.07 Å². The number of aryl methyl sites for hydroxylation is 1. The Kier molecular flexibility index (Phi) is 4.77. The van der Waals surface area contributed by atoms with Crippen LogP contribution in [0.4, 0.5) is 5.69 Å². The van der Waals surface area contributed by atoms with Gasteiger partial charge in [-0.1, -0.05) is 18.2 Å². The van der Waals surface area contributed by atoms with Gasteiger partial charge in [0, 0.05) is 11.6 Å². The van der Waals surface area contributed by atoms with E-state index in [9.17, 15) is 10.1 Å². The average molecular weight is 401 g/mol. The molecule has 2 aromatic carbocycles. The molecule has 2 rings (SSSR count). The van der Waals surface area contributed by atoms with Crippen LogP contribution in [0.25, 0.3) is 0 Å². The number of hydrogen-bond acceptors (Lipinski definition) is 3. The summed E-state index contributed by atoms with van der Waals surface area (Å²) in [4.78, 5) is 10.4. The molecule has 6 heteroatoms. The Bertz CT molecular complexity index is 659. The third kappa shape index (κ3) is 3.37. The molecule has 0 aliphatic carbocycles. The fourth-order valence-electron chi connectivity index (χ4n) is 1.70. The lowest BCUT2D eigenvalue weighted by atomic mass is 10.2. The number of rotatable bonds is 4. The van der Waals surface area contributed by atoms with E-state index in [0.717, 1.165) is 15.6 Å². The van der Waals surface area contributed by atoms with Crippen LogP contribution >= 0.6 is 31.9 Å². The van der Waals surface area contributed by atoms with Gasteiger partial charge in [-0.2, -0.15) is 0 Å². The molecule has 0 spiro atoms. The molecule has 0 amide bonds. The molecule has 4 nitrogen and oxygen atoms in total. The Morgan fingerprint density at radius 2 is 2.00 bits per heavy atom. The van der Waals surface area contributed by atoms with Gasteiger partial charge in [0.1, 0.15) is 16.8 Å². The number of ether oxygens (including phenoxy) is 1. The van der Waals surface area contributed by atoms with Crippen molar-refractivity contribution in [3.05, 3.63) is 66.6 Å². The van der Waals surface area contributed by atoms with Crippen molar-refractivity contribution in [2.24, 2.45) is 0 Å². The Morgan fingerprint density at radius 1 is 1.25 bits per heavy atom. The first-order valence-electron chi connectivity index (χ1n) is 5.80. The maximum atomic E-state index is 10.9. The fourth-order valence-corrected chi connectivity index (χ4v) is 2.83. The largest absolute Gasteiger partial charge is 0.488 e. The maximum absolute atomic E-state index is 10.9. The van der Waals surface area contributed by atoms with Crippen molar-refractivity contribution in [2.45, 2.75) is 13.5 Å². The van der Waals surface area contributed by atoms with Crippen molar-refractivity contribution in [1.82, 2.24) is 0 Å². The summed E-state index contributed by atoms with van der Waals surface area (Å²) in [7, 11) is 0. The predicted molar refractivity (Wildman–Crippen MR) is 84.0 cm³/mol. The molecule has 104 valence electrons. The quantitative estimate of drug-likeness (QED) is 0.535. The molecule has 20 heavy (non-hydrogen) atoms. The molecule has 0 atom stereocenters. The summed E-state index contributed by atoms with van der Waals surface area (Å²) in [5.74, 6) is 0.703. The van der Waals surface area contributed by atoms with Crippen LogP contribution in [0.3, 0.4) is 0 Å². The molecule has 0 radical (unpaired) electrons. The highest BCUT2D eigenvalue weighted by Crippen LogP contribution is 2.31. The standard InChI is InChI=1S/C14H11Br2NO3/c1-9-5-6-13(11(15)7-9)20-8-10-3-2-4-12(14(10)16)17(18)19/h2-7H,8H2,1H3. The number of halogens is 2. The molecule has 0 heterocycles. The first-order valence-corrected chi connectivity index (χ1v) is 7.38. The number of nitro benzene ring substituents is 1. The van der Waals surface area contributed by atoms with Gasteiger partial charge >= 0.3 is 0 Å². The number of benzene rings is 2. The van der Waals surface area contributed by atoms with Gasteiger partial charge in [0.05, 0.1) is 9.40 Å². The summed E-state index contributed by atoms with van der Waals surface area (Å²) in [6.45, 7) is 2.25. The Labute approximate surface area is 133 Å². The predicted octanol–water partition coefficient (Wildman–Crippen LogP) is 5.01. The molecule has 0 saturated heterocycles. The second-order valence-electron chi connectivity index (χ2n) is 4.23. The zero-order valence-electron chi connectivity index (χ0n) is 10.6. The van der Waals surface area contributed by atoms with E-state index >= 15 is 0 Å². The zero-order valence-corrected chi connectivity index (χ0v) is 13.8. The maximum Gasteiger partial charge on any atom is 0.283 e. The number of nitrogens with zero attached hydrogens (tertiary/aromatic N) is 1. The lowest BCUT2D eigenvalue weighted by molar-refractivity contribution is -0.385. The molecule has 0 saturated carbocycles. The van der Waals surface area contributed by atoms with Crippen LogP contribution in [0, 0.1) is 17.0 Å². The zero-order chi connectivity index (χ0) is 14.7. The van der Waals surface area contributed by atoms with Crippen molar-refractivity contribution < 1.29 is 9.66 Å². The van der Waals surface area contributed by atoms with Crippen LogP contribution in [0.2, 0.25) is 0 Å². The summed E-state index contributed by atoms with van der Waals surface area (Å²) in [5.41, 5.74) is 1.89. The minimum atomic E-state index is -0.421. The van der Waals surface area contributed by atoms with Crippen LogP contribution in [-0.2, 0) is 6.61 Å². The van der Waals surface area contributed by atoms with Gasteiger partial charge in [0.15, 0.2) is 0 Å². The van der Waals surface area contributed by atoms with Crippen LogP contribution in [0.5, 0.6) is 5.75 Å². The summed E-state index contributed by atoms with van der Waals surface area (Å²) in [5, 5.41) is 10.9. The number of nitro groups is 1. The van der Waals surface area contributed by atoms with E-state index in [2.05, 4.69) is 31.9 Å². The second-order valence-corrected chi connectivity index (χ2v) is 5.88. The van der Waals surface area contributed by atoms with Crippen LogP contribution in [0.15, 0.2) is 45.3 Å². The highest BCUT2D eigenvalue weighted by atomic mass is 79.9. The first-order chi connectivity index (χ1) is 9.49. The van der Waals surface area contributed by atoms with Crippen molar-refractivity contribution in [3.8, 4) is 5.75 Å². The lowest BCUT2D eigenvalue weighted by Gasteiger charge is -2.10. The Hall–Kier alpha value is -1.40. The highest BCUT2D eigenvalue weighted by Gasteiger charge is 2.15. The van der Waals surface area contributed by atoms with Crippen LogP contribution < -0.4 is 4.74 Å². The molecular formula is C14H11Br2NO3. The molecule has 0 N–H and O–H groups in total. The smallest absolute Gasteiger partial charge is 0.283 e. The minimum Gasteiger partial charge on any atom is -0.488 e. The topological polar surface area (TPSA) is 52.4 Å². The molecule has 0 unspecified atom stereocenters. The molecule has 0 aliphatic rings. The van der Waals surface area contributed by atoms with E-state index in [1.54, 1.807) is 12.1 Å². The Morgan fingerprint density at radius 3 is 2.65 bits per heavy atom. The number of hydrogen-bond donors (Lipinski definition) is 0. The third-order valence-corrected chi connectivity index (χ3v) is 4.26. The average Bonchev–Trinajstić information content (AvgIpc) is 2.39. The first kappa shape index (κ1) is 15.0. The van der Waals surface area contributed by atoms with Crippen molar-refractivity contribution in [2.75, 3.05) is 0 Å². The van der Waals surface area contributed by atoms with E-state index in [-0.39, 0.29) is 12.3 Å². The molecular weight excluding hydrogens is 390 g/mol. The summed E-state index contributed by atoms with van der Waals surface area (Å²) >= 11 is 6.68. The highest BCUT2D eigenvalue weighted by molar-refractivity contribution is 9.11. The van der Waals surface area contributed by atoms with E-state index in [4.69, 9.17) is 4.74 Å². The van der Waals surface area contributed by atoms with Crippen LogP contribution in [-0.4, -0.2) is 4.92 Å². The van der Waals surface area contributed by atoms with Gasteiger partial charge in [0.25, 0.3) is 5.69 Å². The van der Waals surface area contributed by atoms with E-state index in [0.29, 0.717) is 10.2 Å². The van der Waals surface area contributed by atoms with E-state index in [1.807, 2.05) is 25.1 Å². The van der Waals surface area contributed by atoms with Gasteiger partial charge in [-0.3, -0.25) is 10.1 Å². The van der Waals surface area contributed by atoms with Gasteiger partial charge in [-0.15, -0.1) is 0 Å².